The summed E-state index contributed by atoms with van der Waals surface area (Å²) in [6.45, 7) is 7.72. The number of anilines is 1. The van der Waals surface area contributed by atoms with Crippen molar-refractivity contribution in [2.24, 2.45) is 0 Å². The van der Waals surface area contributed by atoms with Gasteiger partial charge in [-0.2, -0.15) is 4.31 Å². The number of piperazine rings is 1. The van der Waals surface area contributed by atoms with E-state index in [1.807, 2.05) is 57.2 Å². The molecule has 6 nitrogen and oxygen atoms in total. The Morgan fingerprint density at radius 1 is 0.735 bits per heavy atom. The van der Waals surface area contributed by atoms with Gasteiger partial charge in [-0.3, -0.25) is 0 Å². The maximum atomic E-state index is 13.4. The molecule has 0 radical (unpaired) electrons. The van der Waals surface area contributed by atoms with Crippen LogP contribution in [0.1, 0.15) is 16.7 Å². The molecule has 3 aromatic carbocycles. The molecule has 1 aliphatic heterocycles. The van der Waals surface area contributed by atoms with Crippen LogP contribution >= 0.6 is 0 Å². The van der Waals surface area contributed by atoms with Crippen LogP contribution in [0, 0.1) is 20.8 Å². The predicted octanol–water partition coefficient (Wildman–Crippen LogP) is 4.73. The summed E-state index contributed by atoms with van der Waals surface area (Å²) in [6, 6.07) is 22.3. The summed E-state index contributed by atoms with van der Waals surface area (Å²) in [5.74, 6) is 0.768. The van der Waals surface area contributed by atoms with Gasteiger partial charge in [0.15, 0.2) is 5.82 Å². The molecule has 1 aliphatic rings. The van der Waals surface area contributed by atoms with Gasteiger partial charge >= 0.3 is 0 Å². The highest BCUT2D eigenvalue weighted by molar-refractivity contribution is 7.89. The first kappa shape index (κ1) is 22.5. The van der Waals surface area contributed by atoms with Gasteiger partial charge in [-0.15, -0.1) is 10.2 Å². The van der Waals surface area contributed by atoms with E-state index in [1.165, 1.54) is 10.8 Å². The highest BCUT2D eigenvalue weighted by Gasteiger charge is 2.31. The minimum Gasteiger partial charge on any atom is -0.352 e. The molecule has 1 saturated heterocycles. The van der Waals surface area contributed by atoms with Crippen LogP contribution < -0.4 is 4.90 Å². The molecule has 0 bridgehead atoms. The van der Waals surface area contributed by atoms with E-state index >= 15 is 0 Å². The van der Waals surface area contributed by atoms with E-state index in [0.717, 1.165) is 33.8 Å². The van der Waals surface area contributed by atoms with Crippen molar-refractivity contribution in [3.05, 3.63) is 83.4 Å². The highest BCUT2D eigenvalue weighted by Crippen LogP contribution is 2.27. The summed E-state index contributed by atoms with van der Waals surface area (Å²) < 4.78 is 28.3. The number of rotatable bonds is 4. The minimum absolute atomic E-state index is 0.420. The molecule has 4 aromatic rings. The van der Waals surface area contributed by atoms with Crippen molar-refractivity contribution in [2.75, 3.05) is 31.1 Å². The van der Waals surface area contributed by atoms with Crippen molar-refractivity contribution in [3.8, 4) is 11.3 Å². The number of hydrogen-bond acceptors (Lipinski definition) is 5. The van der Waals surface area contributed by atoms with Gasteiger partial charge < -0.3 is 4.90 Å². The second-order valence-electron chi connectivity index (χ2n) is 8.96. The van der Waals surface area contributed by atoms with Crippen molar-refractivity contribution < 1.29 is 8.42 Å². The van der Waals surface area contributed by atoms with Crippen LogP contribution in [-0.2, 0) is 10.0 Å². The number of nitrogens with zero attached hydrogens (tertiary/aromatic N) is 4. The van der Waals surface area contributed by atoms with Gasteiger partial charge in [0.2, 0.25) is 10.0 Å². The fourth-order valence-corrected chi connectivity index (χ4v) is 6.69. The molecule has 5 rings (SSSR count). The number of benzene rings is 3. The fourth-order valence-electron chi connectivity index (χ4n) is 4.86. The van der Waals surface area contributed by atoms with Crippen LogP contribution in [0.3, 0.4) is 0 Å². The zero-order valence-corrected chi connectivity index (χ0v) is 20.5. The Kier molecular flexibility index (Phi) is 5.83. The lowest BCUT2D eigenvalue weighted by Gasteiger charge is -2.35. The van der Waals surface area contributed by atoms with E-state index < -0.39 is 10.0 Å². The van der Waals surface area contributed by atoms with E-state index in [1.54, 1.807) is 4.31 Å². The van der Waals surface area contributed by atoms with Crippen molar-refractivity contribution >= 4 is 26.6 Å². The minimum atomic E-state index is -3.54. The normalized spacial score (nSPS) is 15.1. The summed E-state index contributed by atoms with van der Waals surface area (Å²) in [5, 5.41) is 11.3. The fraction of sp³-hybridized carbons (Fsp3) is 0.259. The lowest BCUT2D eigenvalue weighted by atomic mass is 10.1. The maximum Gasteiger partial charge on any atom is 0.243 e. The summed E-state index contributed by atoms with van der Waals surface area (Å²) >= 11 is 0. The molecule has 0 unspecified atom stereocenters. The number of aromatic nitrogens is 2. The van der Waals surface area contributed by atoms with Gasteiger partial charge in [-0.25, -0.2) is 8.42 Å². The molecule has 2 heterocycles. The molecule has 34 heavy (non-hydrogen) atoms. The van der Waals surface area contributed by atoms with Crippen LogP contribution in [0.25, 0.3) is 22.0 Å². The topological polar surface area (TPSA) is 66.4 Å². The Hall–Kier alpha value is -3.29. The summed E-state index contributed by atoms with van der Waals surface area (Å²) in [6.07, 6.45) is 0. The van der Waals surface area contributed by atoms with Crippen molar-refractivity contribution in [1.82, 2.24) is 14.5 Å². The molecule has 0 spiro atoms. The molecule has 0 N–H and O–H groups in total. The zero-order chi connectivity index (χ0) is 23.9. The van der Waals surface area contributed by atoms with Gasteiger partial charge in [-0.05, 0) is 60.9 Å². The van der Waals surface area contributed by atoms with Crippen LogP contribution in [-0.4, -0.2) is 49.1 Å². The Balaban J connectivity index is 1.30. The summed E-state index contributed by atoms with van der Waals surface area (Å²) in [4.78, 5) is 2.53. The monoisotopic (exact) mass is 472 g/mol. The quantitative estimate of drug-likeness (QED) is 0.430. The second-order valence-corrected chi connectivity index (χ2v) is 10.8. The lowest BCUT2D eigenvalue weighted by Crippen LogP contribution is -2.49. The average Bonchev–Trinajstić information content (AvgIpc) is 2.83. The van der Waals surface area contributed by atoms with Gasteiger partial charge in [0.1, 0.15) is 0 Å². The second kappa shape index (κ2) is 8.81. The number of aryl methyl sites for hydroxylation is 3. The number of hydrogen-bond donors (Lipinski definition) is 0. The Morgan fingerprint density at radius 3 is 2.06 bits per heavy atom. The van der Waals surface area contributed by atoms with E-state index in [-0.39, 0.29) is 0 Å². The molecule has 1 fully saturated rings. The van der Waals surface area contributed by atoms with E-state index in [9.17, 15) is 8.42 Å². The molecule has 0 amide bonds. The van der Waals surface area contributed by atoms with Crippen molar-refractivity contribution in [3.63, 3.8) is 0 Å². The highest BCUT2D eigenvalue weighted by atomic mass is 32.2. The summed E-state index contributed by atoms with van der Waals surface area (Å²) in [5.41, 5.74) is 4.52. The predicted molar refractivity (Wildman–Crippen MR) is 137 cm³/mol. The first-order valence-electron chi connectivity index (χ1n) is 11.5. The molecule has 7 heteroatoms. The van der Waals surface area contributed by atoms with Crippen LogP contribution in [0.2, 0.25) is 0 Å². The molecule has 1 aromatic heterocycles. The standard InChI is InChI=1S/C27H28N4O2S/c1-19-16-20(2)27(21(3)17-19)34(32,33)31-14-12-30(13-15-31)26-11-10-25(28-29-26)24-9-8-22-6-4-5-7-23(22)18-24/h4-11,16-18H,12-15H2,1-3H3. The van der Waals surface area contributed by atoms with E-state index in [4.69, 9.17) is 0 Å². The van der Waals surface area contributed by atoms with Gasteiger partial charge in [0.05, 0.1) is 10.6 Å². The Labute approximate surface area is 200 Å². The third kappa shape index (κ3) is 4.17. The third-order valence-electron chi connectivity index (χ3n) is 6.46. The van der Waals surface area contributed by atoms with Gasteiger partial charge in [0.25, 0.3) is 0 Å². The van der Waals surface area contributed by atoms with Crippen LogP contribution in [0.4, 0.5) is 5.82 Å². The Bertz CT molecular complexity index is 1430. The smallest absolute Gasteiger partial charge is 0.243 e. The first-order chi connectivity index (χ1) is 16.3. The van der Waals surface area contributed by atoms with Gasteiger partial charge in [0, 0.05) is 31.7 Å². The number of sulfonamides is 1. The van der Waals surface area contributed by atoms with E-state index in [2.05, 4.69) is 45.4 Å². The zero-order valence-electron chi connectivity index (χ0n) is 19.7. The van der Waals surface area contributed by atoms with Gasteiger partial charge in [-0.1, -0.05) is 54.1 Å². The first-order valence-corrected chi connectivity index (χ1v) is 12.9. The van der Waals surface area contributed by atoms with Crippen LogP contribution in [0.5, 0.6) is 0 Å². The van der Waals surface area contributed by atoms with Crippen molar-refractivity contribution in [2.45, 2.75) is 25.7 Å². The van der Waals surface area contributed by atoms with E-state index in [0.29, 0.717) is 31.1 Å². The average molecular weight is 473 g/mol. The maximum absolute atomic E-state index is 13.4. The lowest BCUT2D eigenvalue weighted by molar-refractivity contribution is 0.383. The van der Waals surface area contributed by atoms with Crippen molar-refractivity contribution in [1.29, 1.82) is 0 Å². The molecule has 0 aliphatic carbocycles. The molecular weight excluding hydrogens is 444 g/mol. The Morgan fingerprint density at radius 2 is 1.41 bits per heavy atom. The number of fused-ring (bicyclic) bond motifs is 1. The SMILES string of the molecule is Cc1cc(C)c(S(=O)(=O)N2CCN(c3ccc(-c4ccc5ccccc5c4)nn3)CC2)c(C)c1. The molecule has 0 saturated carbocycles. The molecule has 174 valence electrons. The largest absolute Gasteiger partial charge is 0.352 e. The molecule has 0 atom stereocenters. The summed E-state index contributed by atoms with van der Waals surface area (Å²) in [7, 11) is -3.54. The van der Waals surface area contributed by atoms with Crippen LogP contribution in [0.15, 0.2) is 71.6 Å². The third-order valence-corrected chi connectivity index (χ3v) is 8.67. The molecular formula is C27H28N4O2S.